The predicted octanol–water partition coefficient (Wildman–Crippen LogP) is 6.04. The Kier molecular flexibility index (Phi) is 3.75. The predicted molar refractivity (Wildman–Crippen MR) is 90.0 cm³/mol. The van der Waals surface area contributed by atoms with Crippen LogP contribution < -0.4 is 0 Å². The number of benzene rings is 1. The molecule has 0 N–H and O–H groups in total. The third-order valence-corrected chi connectivity index (χ3v) is 5.93. The molecule has 2 nitrogen and oxygen atoms in total. The molecule has 3 rings (SSSR count). The molecule has 1 aromatic carbocycles. The third kappa shape index (κ3) is 2.25. The van der Waals surface area contributed by atoms with Gasteiger partial charge in [-0.2, -0.15) is 0 Å². The Morgan fingerprint density at radius 2 is 1.70 bits per heavy atom. The Balaban J connectivity index is 2.43. The minimum Gasteiger partial charge on any atom is -0.147 e. The van der Waals surface area contributed by atoms with Gasteiger partial charge in [0.1, 0.15) is 5.69 Å². The van der Waals surface area contributed by atoms with Crippen molar-refractivity contribution in [3.05, 3.63) is 43.3 Å². The first-order valence-corrected chi connectivity index (χ1v) is 8.23. The molecule has 0 aliphatic heterocycles. The number of hydrogen-bond acceptors (Lipinski definition) is 3. The largest absolute Gasteiger partial charge is 0.159 e. The molecule has 0 bridgehead atoms. The lowest BCUT2D eigenvalue weighted by molar-refractivity contribution is 1.06. The molecular formula is C14H9BrCl2N2S. The van der Waals surface area contributed by atoms with Gasteiger partial charge in [-0.1, -0.05) is 35.3 Å². The van der Waals surface area contributed by atoms with Crippen molar-refractivity contribution in [3.8, 4) is 10.6 Å². The summed E-state index contributed by atoms with van der Waals surface area (Å²) in [6, 6.07) is 6.02. The van der Waals surface area contributed by atoms with Crippen LogP contribution in [0.25, 0.3) is 21.3 Å². The van der Waals surface area contributed by atoms with Crippen molar-refractivity contribution in [2.45, 2.75) is 13.8 Å². The Hall–Kier alpha value is -0.680. The Morgan fingerprint density at radius 3 is 2.30 bits per heavy atom. The molecule has 0 saturated carbocycles. The first-order chi connectivity index (χ1) is 9.49. The monoisotopic (exact) mass is 386 g/mol. The molecular weight excluding hydrogens is 379 g/mol. The van der Waals surface area contributed by atoms with E-state index in [0.717, 1.165) is 36.3 Å². The molecule has 102 valence electrons. The Bertz CT molecular complexity index is 802. The van der Waals surface area contributed by atoms with Crippen LogP contribution in [-0.4, -0.2) is 10.2 Å². The van der Waals surface area contributed by atoms with Crippen molar-refractivity contribution in [1.82, 2.24) is 10.2 Å². The molecule has 2 heterocycles. The number of halogens is 3. The van der Waals surface area contributed by atoms with E-state index in [1.165, 1.54) is 0 Å². The maximum Gasteiger partial charge on any atom is 0.159 e. The maximum atomic E-state index is 6.22. The van der Waals surface area contributed by atoms with Crippen LogP contribution in [0.2, 0.25) is 10.2 Å². The van der Waals surface area contributed by atoms with E-state index in [2.05, 4.69) is 32.2 Å². The second-order valence-corrected chi connectivity index (χ2v) is 7.66. The van der Waals surface area contributed by atoms with Crippen LogP contribution in [0.3, 0.4) is 0 Å². The van der Waals surface area contributed by atoms with Gasteiger partial charge in [0, 0.05) is 10.8 Å². The summed E-state index contributed by atoms with van der Waals surface area (Å²) in [4.78, 5) is 0.977. The van der Waals surface area contributed by atoms with Crippen LogP contribution in [0.1, 0.15) is 11.1 Å². The van der Waals surface area contributed by atoms with Crippen molar-refractivity contribution in [2.75, 3.05) is 0 Å². The summed E-state index contributed by atoms with van der Waals surface area (Å²) in [5.41, 5.74) is 3.04. The van der Waals surface area contributed by atoms with E-state index in [0.29, 0.717) is 10.2 Å². The molecule has 3 aromatic rings. The lowest BCUT2D eigenvalue weighted by Crippen LogP contribution is -1.94. The fourth-order valence-corrected chi connectivity index (χ4v) is 4.19. The molecule has 0 aliphatic rings. The normalized spacial score (nSPS) is 11.2. The van der Waals surface area contributed by atoms with E-state index in [4.69, 9.17) is 23.2 Å². The Morgan fingerprint density at radius 1 is 1.05 bits per heavy atom. The summed E-state index contributed by atoms with van der Waals surface area (Å²) in [6.07, 6.45) is 0. The van der Waals surface area contributed by atoms with Gasteiger partial charge in [-0.3, -0.25) is 0 Å². The summed E-state index contributed by atoms with van der Waals surface area (Å²) < 4.78 is 0.893. The van der Waals surface area contributed by atoms with Gasteiger partial charge in [0.05, 0.1) is 13.7 Å². The van der Waals surface area contributed by atoms with Gasteiger partial charge in [-0.05, 0) is 47.0 Å². The minimum atomic E-state index is 0.437. The van der Waals surface area contributed by atoms with Crippen LogP contribution in [0.15, 0.2) is 22.0 Å². The minimum absolute atomic E-state index is 0.437. The number of rotatable bonds is 1. The van der Waals surface area contributed by atoms with Crippen LogP contribution in [-0.2, 0) is 0 Å². The average Bonchev–Trinajstić information content (AvgIpc) is 2.74. The van der Waals surface area contributed by atoms with Crippen molar-refractivity contribution >= 4 is 61.2 Å². The second kappa shape index (κ2) is 5.26. The topological polar surface area (TPSA) is 25.8 Å². The summed E-state index contributed by atoms with van der Waals surface area (Å²) >= 11 is 17.3. The summed E-state index contributed by atoms with van der Waals surface area (Å²) in [6.45, 7) is 4.07. The standard InChI is InChI=1S/C14H9BrCl2N2S/c1-6-3-4-7(2)11-10(6)12(18-19-14(11)17)9-5-8(16)13(15)20-9/h3-5H,1-2H3. The number of thiophene rings is 1. The fraction of sp³-hybridized carbons (Fsp3) is 0.143. The average molecular weight is 388 g/mol. The highest BCUT2D eigenvalue weighted by Gasteiger charge is 2.16. The zero-order chi connectivity index (χ0) is 14.4. The van der Waals surface area contributed by atoms with Gasteiger partial charge >= 0.3 is 0 Å². The Labute approximate surface area is 138 Å². The molecule has 0 spiro atoms. The van der Waals surface area contributed by atoms with Crippen molar-refractivity contribution in [2.24, 2.45) is 0 Å². The van der Waals surface area contributed by atoms with E-state index in [-0.39, 0.29) is 0 Å². The number of aromatic nitrogens is 2. The van der Waals surface area contributed by atoms with Gasteiger partial charge in [-0.25, -0.2) is 0 Å². The lowest BCUT2D eigenvalue weighted by Gasteiger charge is -2.10. The number of fused-ring (bicyclic) bond motifs is 1. The van der Waals surface area contributed by atoms with E-state index in [9.17, 15) is 0 Å². The zero-order valence-electron chi connectivity index (χ0n) is 10.7. The SMILES string of the molecule is Cc1ccc(C)c2c(-c3cc(Cl)c(Br)s3)nnc(Cl)c12. The molecule has 0 unspecified atom stereocenters. The molecule has 0 amide bonds. The van der Waals surface area contributed by atoms with Crippen molar-refractivity contribution < 1.29 is 0 Å². The smallest absolute Gasteiger partial charge is 0.147 e. The summed E-state index contributed by atoms with van der Waals surface area (Å²) in [7, 11) is 0. The van der Waals surface area contributed by atoms with Crippen LogP contribution in [0.4, 0.5) is 0 Å². The first kappa shape index (κ1) is 14.3. The molecule has 0 aliphatic carbocycles. The molecule has 20 heavy (non-hydrogen) atoms. The molecule has 0 saturated heterocycles. The number of nitrogens with zero attached hydrogens (tertiary/aromatic N) is 2. The molecule has 2 aromatic heterocycles. The third-order valence-electron chi connectivity index (χ3n) is 3.18. The number of aryl methyl sites for hydroxylation is 2. The fourth-order valence-electron chi connectivity index (χ4n) is 2.21. The van der Waals surface area contributed by atoms with E-state index < -0.39 is 0 Å². The van der Waals surface area contributed by atoms with Gasteiger partial charge in [0.2, 0.25) is 0 Å². The highest BCUT2D eigenvalue weighted by Crippen LogP contribution is 2.41. The quantitative estimate of drug-likeness (QED) is 0.508. The van der Waals surface area contributed by atoms with Crippen molar-refractivity contribution in [3.63, 3.8) is 0 Å². The van der Waals surface area contributed by atoms with Gasteiger partial charge in [0.25, 0.3) is 0 Å². The molecule has 0 atom stereocenters. The van der Waals surface area contributed by atoms with Gasteiger partial charge in [-0.15, -0.1) is 21.5 Å². The molecule has 0 fully saturated rings. The van der Waals surface area contributed by atoms with Crippen LogP contribution in [0.5, 0.6) is 0 Å². The molecule has 0 radical (unpaired) electrons. The molecule has 6 heteroatoms. The van der Waals surface area contributed by atoms with Gasteiger partial charge < -0.3 is 0 Å². The summed E-state index contributed by atoms with van der Waals surface area (Å²) in [5.74, 6) is 0. The van der Waals surface area contributed by atoms with Crippen molar-refractivity contribution in [1.29, 1.82) is 0 Å². The maximum absolute atomic E-state index is 6.22. The lowest BCUT2D eigenvalue weighted by atomic mass is 10.0. The van der Waals surface area contributed by atoms with E-state index in [1.54, 1.807) is 11.3 Å². The number of hydrogen-bond donors (Lipinski definition) is 0. The van der Waals surface area contributed by atoms with Crippen LogP contribution in [0, 0.1) is 13.8 Å². The van der Waals surface area contributed by atoms with E-state index >= 15 is 0 Å². The van der Waals surface area contributed by atoms with E-state index in [1.807, 2.05) is 26.0 Å². The second-order valence-electron chi connectivity index (χ2n) is 4.52. The summed E-state index contributed by atoms with van der Waals surface area (Å²) in [5, 5.41) is 11.5. The highest BCUT2D eigenvalue weighted by atomic mass is 79.9. The highest BCUT2D eigenvalue weighted by molar-refractivity contribution is 9.11. The first-order valence-electron chi connectivity index (χ1n) is 5.86. The van der Waals surface area contributed by atoms with Gasteiger partial charge in [0.15, 0.2) is 5.15 Å². The van der Waals surface area contributed by atoms with Crippen LogP contribution >= 0.6 is 50.5 Å². The zero-order valence-corrected chi connectivity index (χ0v) is 14.6.